The largest absolute Gasteiger partial charge is 0.449 e. The van der Waals surface area contributed by atoms with E-state index in [2.05, 4.69) is 5.32 Å². The molecule has 0 saturated carbocycles. The van der Waals surface area contributed by atoms with Gasteiger partial charge in [0, 0.05) is 17.3 Å². The number of amides is 1. The highest BCUT2D eigenvalue weighted by Crippen LogP contribution is 2.24. The van der Waals surface area contributed by atoms with E-state index in [-0.39, 0.29) is 16.8 Å². The lowest BCUT2D eigenvalue weighted by Gasteiger charge is -2.18. The van der Waals surface area contributed by atoms with Gasteiger partial charge in [0.15, 0.2) is 6.10 Å². The van der Waals surface area contributed by atoms with Gasteiger partial charge in [0.05, 0.1) is 10.5 Å². The minimum atomic E-state index is -1.05. The fourth-order valence-electron chi connectivity index (χ4n) is 2.95. The maximum absolute atomic E-state index is 12.6. The number of hydrogen-bond acceptors (Lipinski definition) is 5. The third-order valence-corrected chi connectivity index (χ3v) is 4.62. The molecule has 0 aliphatic carbocycles. The predicted molar refractivity (Wildman–Crippen MR) is 107 cm³/mol. The topological polar surface area (TPSA) is 98.5 Å². The van der Waals surface area contributed by atoms with Gasteiger partial charge in [0.2, 0.25) is 0 Å². The number of nitrogens with zero attached hydrogens (tertiary/aromatic N) is 1. The number of nitrogens with one attached hydrogen (secondary N) is 1. The van der Waals surface area contributed by atoms with Gasteiger partial charge in [-0.15, -0.1) is 0 Å². The van der Waals surface area contributed by atoms with Crippen LogP contribution in [-0.2, 0) is 22.4 Å². The average molecular weight is 384 g/mol. The molecule has 1 N–H and O–H groups in total. The Bertz CT molecular complexity index is 885. The van der Waals surface area contributed by atoms with Gasteiger partial charge in [-0.25, -0.2) is 4.79 Å². The number of carbonyl (C=O) groups excluding carboxylic acids is 2. The van der Waals surface area contributed by atoms with Crippen LogP contribution in [0.5, 0.6) is 0 Å². The van der Waals surface area contributed by atoms with E-state index in [1.54, 1.807) is 0 Å². The number of aryl methyl sites for hydroxylation is 2. The molecule has 0 aliphatic heterocycles. The first-order valence-corrected chi connectivity index (χ1v) is 9.16. The van der Waals surface area contributed by atoms with E-state index in [1.165, 1.54) is 32.0 Å². The van der Waals surface area contributed by atoms with Crippen LogP contribution >= 0.6 is 0 Å². The summed E-state index contributed by atoms with van der Waals surface area (Å²) < 4.78 is 5.26. The van der Waals surface area contributed by atoms with E-state index >= 15 is 0 Å². The quantitative estimate of drug-likeness (QED) is 0.438. The second-order valence-corrected chi connectivity index (χ2v) is 6.40. The first kappa shape index (κ1) is 21.1. The summed E-state index contributed by atoms with van der Waals surface area (Å²) in [5.41, 5.74) is 2.84. The SMILES string of the molecule is CCc1cccc(CC)c1NC(=O)C(C)OC(=O)c1cccc([N+](=O)[O-])c1C. The van der Waals surface area contributed by atoms with Crippen molar-refractivity contribution < 1.29 is 19.2 Å². The van der Waals surface area contributed by atoms with Crippen LogP contribution in [0.1, 0.15) is 47.8 Å². The maximum Gasteiger partial charge on any atom is 0.339 e. The summed E-state index contributed by atoms with van der Waals surface area (Å²) in [7, 11) is 0. The van der Waals surface area contributed by atoms with Gasteiger partial charge in [-0.3, -0.25) is 14.9 Å². The minimum absolute atomic E-state index is 0.0667. The van der Waals surface area contributed by atoms with Crippen LogP contribution in [0.2, 0.25) is 0 Å². The molecule has 0 radical (unpaired) electrons. The molecule has 0 aromatic heterocycles. The second kappa shape index (κ2) is 9.12. The van der Waals surface area contributed by atoms with Gasteiger partial charge in [-0.2, -0.15) is 0 Å². The number of carbonyl (C=O) groups is 2. The maximum atomic E-state index is 12.6. The highest BCUT2D eigenvalue weighted by Gasteiger charge is 2.24. The van der Waals surface area contributed by atoms with E-state index in [1.807, 2.05) is 32.0 Å². The van der Waals surface area contributed by atoms with Crippen molar-refractivity contribution in [3.05, 3.63) is 68.8 Å². The molecule has 2 rings (SSSR count). The molecule has 0 aliphatic rings. The Morgan fingerprint density at radius 2 is 1.68 bits per heavy atom. The summed E-state index contributed by atoms with van der Waals surface area (Å²) in [4.78, 5) is 35.5. The molecule has 1 amide bonds. The first-order valence-electron chi connectivity index (χ1n) is 9.16. The third-order valence-electron chi connectivity index (χ3n) is 4.62. The number of esters is 1. The van der Waals surface area contributed by atoms with Crippen LogP contribution in [0, 0.1) is 17.0 Å². The summed E-state index contributed by atoms with van der Waals surface area (Å²) in [6.45, 7) is 6.95. The molecule has 7 nitrogen and oxygen atoms in total. The normalized spacial score (nSPS) is 11.6. The van der Waals surface area contributed by atoms with Crippen LogP contribution in [0.25, 0.3) is 0 Å². The molecule has 148 valence electrons. The van der Waals surface area contributed by atoms with Crippen molar-refractivity contribution in [2.75, 3.05) is 5.32 Å². The van der Waals surface area contributed by atoms with Crippen LogP contribution in [0.15, 0.2) is 36.4 Å². The van der Waals surface area contributed by atoms with Crippen LogP contribution in [-0.4, -0.2) is 22.9 Å². The van der Waals surface area contributed by atoms with Crippen molar-refractivity contribution in [1.82, 2.24) is 0 Å². The molecule has 0 spiro atoms. The Morgan fingerprint density at radius 3 is 2.21 bits per heavy atom. The van der Waals surface area contributed by atoms with E-state index in [0.29, 0.717) is 0 Å². The van der Waals surface area contributed by atoms with Gasteiger partial charge in [0.25, 0.3) is 11.6 Å². The van der Waals surface area contributed by atoms with Gasteiger partial charge in [0.1, 0.15) is 0 Å². The molecule has 2 aromatic rings. The fraction of sp³-hybridized carbons (Fsp3) is 0.333. The zero-order valence-electron chi connectivity index (χ0n) is 16.4. The van der Waals surface area contributed by atoms with Crippen molar-refractivity contribution in [3.8, 4) is 0 Å². The van der Waals surface area contributed by atoms with Crippen LogP contribution < -0.4 is 5.32 Å². The number of nitro groups is 1. The lowest BCUT2D eigenvalue weighted by atomic mass is 10.0. The highest BCUT2D eigenvalue weighted by atomic mass is 16.6. The molecule has 28 heavy (non-hydrogen) atoms. The van der Waals surface area contributed by atoms with Crippen molar-refractivity contribution in [3.63, 3.8) is 0 Å². The van der Waals surface area contributed by atoms with Gasteiger partial charge >= 0.3 is 5.97 Å². The van der Waals surface area contributed by atoms with Crippen LogP contribution in [0.4, 0.5) is 11.4 Å². The van der Waals surface area contributed by atoms with Gasteiger partial charge in [-0.1, -0.05) is 38.1 Å². The number of para-hydroxylation sites is 1. The zero-order chi connectivity index (χ0) is 20.8. The summed E-state index contributed by atoms with van der Waals surface area (Å²) >= 11 is 0. The zero-order valence-corrected chi connectivity index (χ0v) is 16.4. The monoisotopic (exact) mass is 384 g/mol. The Hall–Kier alpha value is -3.22. The number of hydrogen-bond donors (Lipinski definition) is 1. The standard InChI is InChI=1S/C21H24N2O5/c1-5-15-9-7-10-16(6-2)19(15)22-20(24)14(4)28-21(25)17-11-8-12-18(13(17)3)23(26)27/h7-12,14H,5-6H2,1-4H3,(H,22,24). The van der Waals surface area contributed by atoms with Gasteiger partial charge in [-0.05, 0) is 43.9 Å². The Labute approximate surface area is 163 Å². The number of anilines is 1. The fourth-order valence-corrected chi connectivity index (χ4v) is 2.95. The summed E-state index contributed by atoms with van der Waals surface area (Å²) in [6.07, 6.45) is 0.454. The number of benzene rings is 2. The number of rotatable bonds is 7. The smallest absolute Gasteiger partial charge is 0.339 e. The first-order chi connectivity index (χ1) is 13.3. The molecule has 7 heteroatoms. The Kier molecular flexibility index (Phi) is 6.87. The summed E-state index contributed by atoms with van der Waals surface area (Å²) in [6, 6.07) is 10.0. The minimum Gasteiger partial charge on any atom is -0.449 e. The highest BCUT2D eigenvalue weighted by molar-refractivity contribution is 5.99. The Morgan fingerprint density at radius 1 is 1.11 bits per heavy atom. The molecular formula is C21H24N2O5. The molecule has 0 saturated heterocycles. The molecule has 0 fully saturated rings. The number of ether oxygens (including phenoxy) is 1. The van der Waals surface area contributed by atoms with E-state index in [4.69, 9.17) is 4.74 Å². The molecule has 0 heterocycles. The van der Waals surface area contributed by atoms with Crippen LogP contribution in [0.3, 0.4) is 0 Å². The van der Waals surface area contributed by atoms with Crippen molar-refractivity contribution >= 4 is 23.3 Å². The van der Waals surface area contributed by atoms with Crippen molar-refractivity contribution in [2.45, 2.75) is 46.6 Å². The summed E-state index contributed by atoms with van der Waals surface area (Å²) in [5, 5.41) is 13.9. The van der Waals surface area contributed by atoms with Gasteiger partial charge < -0.3 is 10.1 Å². The van der Waals surface area contributed by atoms with E-state index < -0.39 is 22.9 Å². The average Bonchev–Trinajstić information content (AvgIpc) is 2.67. The van der Waals surface area contributed by atoms with Crippen molar-refractivity contribution in [2.24, 2.45) is 0 Å². The second-order valence-electron chi connectivity index (χ2n) is 6.40. The summed E-state index contributed by atoms with van der Waals surface area (Å²) in [5.74, 6) is -1.23. The van der Waals surface area contributed by atoms with Crippen molar-refractivity contribution in [1.29, 1.82) is 0 Å². The third kappa shape index (κ3) is 4.54. The van der Waals surface area contributed by atoms with E-state index in [9.17, 15) is 19.7 Å². The number of nitro benzene ring substituents is 1. The molecule has 0 bridgehead atoms. The molecule has 1 atom stereocenters. The predicted octanol–water partition coefficient (Wildman–Crippen LogP) is 4.21. The lowest BCUT2D eigenvalue weighted by molar-refractivity contribution is -0.385. The molecular weight excluding hydrogens is 360 g/mol. The lowest BCUT2D eigenvalue weighted by Crippen LogP contribution is -2.31. The van der Waals surface area contributed by atoms with E-state index in [0.717, 1.165) is 29.7 Å². The Balaban J connectivity index is 2.17. The molecule has 1 unspecified atom stereocenters. The molecule has 2 aromatic carbocycles.